The highest BCUT2D eigenvalue weighted by molar-refractivity contribution is 5.95. The Labute approximate surface area is 186 Å². The lowest BCUT2D eigenvalue weighted by Crippen LogP contribution is -2.38. The summed E-state index contributed by atoms with van der Waals surface area (Å²) in [6, 6.07) is 8.97. The number of anilines is 1. The van der Waals surface area contributed by atoms with Crippen LogP contribution < -0.4 is 11.1 Å². The molecule has 3 rings (SSSR count). The van der Waals surface area contributed by atoms with Crippen LogP contribution in [0.1, 0.15) is 63.1 Å². The van der Waals surface area contributed by atoms with Crippen molar-refractivity contribution in [1.29, 1.82) is 0 Å². The molecular weight excluding hydrogens is 414 g/mol. The zero-order chi connectivity index (χ0) is 22.8. The highest BCUT2D eigenvalue weighted by Crippen LogP contribution is 2.40. The SMILES string of the molecule is CC(C)(C)C(=O)Nc1c(F)cc(F)cc1C#Cc1ccc(C2(C(N)=O)CCCC2)cc1.O. The maximum Gasteiger partial charge on any atom is 0.229 e. The van der Waals surface area contributed by atoms with Gasteiger partial charge >= 0.3 is 0 Å². The maximum atomic E-state index is 14.4. The van der Waals surface area contributed by atoms with E-state index in [0.29, 0.717) is 11.6 Å². The number of carbonyl (C=O) groups is 2. The number of rotatable bonds is 3. The van der Waals surface area contributed by atoms with E-state index in [4.69, 9.17) is 5.73 Å². The molecule has 2 aromatic rings. The van der Waals surface area contributed by atoms with Crippen molar-refractivity contribution in [2.24, 2.45) is 11.1 Å². The van der Waals surface area contributed by atoms with E-state index in [1.165, 1.54) is 0 Å². The van der Waals surface area contributed by atoms with Crippen molar-refractivity contribution in [3.8, 4) is 11.8 Å². The molecule has 2 amide bonds. The smallest absolute Gasteiger partial charge is 0.229 e. The summed E-state index contributed by atoms with van der Waals surface area (Å²) in [5.41, 5.74) is 5.66. The topological polar surface area (TPSA) is 104 Å². The van der Waals surface area contributed by atoms with Gasteiger partial charge in [0.1, 0.15) is 5.82 Å². The molecule has 5 nitrogen and oxygen atoms in total. The molecule has 0 aromatic heterocycles. The monoisotopic (exact) mass is 442 g/mol. The summed E-state index contributed by atoms with van der Waals surface area (Å²) >= 11 is 0. The molecular formula is C25H28F2N2O3. The second-order valence-corrected chi connectivity index (χ2v) is 9.00. The average Bonchev–Trinajstić information content (AvgIpc) is 3.19. The van der Waals surface area contributed by atoms with E-state index < -0.39 is 28.4 Å². The van der Waals surface area contributed by atoms with Crippen molar-refractivity contribution in [3.63, 3.8) is 0 Å². The predicted molar refractivity (Wildman–Crippen MR) is 120 cm³/mol. The number of carbonyl (C=O) groups excluding carboxylic acids is 2. The minimum atomic E-state index is -0.887. The number of amides is 2. The van der Waals surface area contributed by atoms with Gasteiger partial charge in [-0.05, 0) is 36.6 Å². The number of hydrogen-bond donors (Lipinski definition) is 2. The van der Waals surface area contributed by atoms with Crippen molar-refractivity contribution < 1.29 is 23.8 Å². The molecule has 0 unspecified atom stereocenters. The lowest BCUT2D eigenvalue weighted by Gasteiger charge is -2.25. The molecule has 0 saturated heterocycles. The first kappa shape index (κ1) is 25.0. The summed E-state index contributed by atoms with van der Waals surface area (Å²) in [6.45, 7) is 5.08. The number of nitrogens with two attached hydrogens (primary N) is 1. The van der Waals surface area contributed by atoms with Crippen molar-refractivity contribution in [2.45, 2.75) is 51.9 Å². The molecule has 2 aromatic carbocycles. The Bertz CT molecular complexity index is 1070. The molecule has 5 N–H and O–H groups in total. The zero-order valence-corrected chi connectivity index (χ0v) is 18.4. The summed E-state index contributed by atoms with van der Waals surface area (Å²) < 4.78 is 28.1. The standard InChI is InChI=1S/C25H26F2N2O2.H2O/c1-24(2,3)23(31)29-21-17(14-19(26)15-20(21)27)9-6-16-7-10-18(11-8-16)25(22(28)30)12-4-5-13-25;/h7-8,10-11,14-15H,4-5,12-13H2,1-3H3,(H2,28,30)(H,29,31);1H2. The van der Waals surface area contributed by atoms with Crippen molar-refractivity contribution in [3.05, 3.63) is 64.7 Å². The van der Waals surface area contributed by atoms with Gasteiger partial charge in [0.15, 0.2) is 5.82 Å². The number of benzene rings is 2. The van der Waals surface area contributed by atoms with E-state index in [2.05, 4.69) is 17.2 Å². The molecule has 1 fully saturated rings. The van der Waals surface area contributed by atoms with Crippen molar-refractivity contribution >= 4 is 17.5 Å². The third-order valence-corrected chi connectivity index (χ3v) is 5.68. The summed E-state index contributed by atoms with van der Waals surface area (Å²) in [5.74, 6) is 3.24. The second-order valence-electron chi connectivity index (χ2n) is 9.00. The quantitative estimate of drug-likeness (QED) is 0.706. The molecule has 1 saturated carbocycles. The van der Waals surface area contributed by atoms with E-state index in [-0.39, 0.29) is 22.6 Å². The molecule has 0 aliphatic heterocycles. The number of nitrogens with one attached hydrogen (secondary N) is 1. The number of halogens is 2. The number of hydrogen-bond acceptors (Lipinski definition) is 2. The molecule has 1 aliphatic carbocycles. The third-order valence-electron chi connectivity index (χ3n) is 5.68. The third kappa shape index (κ3) is 5.14. The van der Waals surface area contributed by atoms with Crippen LogP contribution >= 0.6 is 0 Å². The first-order valence-electron chi connectivity index (χ1n) is 10.3. The Morgan fingerprint density at radius 2 is 1.62 bits per heavy atom. The fourth-order valence-corrected chi connectivity index (χ4v) is 3.77. The Kier molecular flexibility index (Phi) is 7.42. The maximum absolute atomic E-state index is 14.4. The number of primary amides is 1. The van der Waals surface area contributed by atoms with Gasteiger partial charge in [-0.3, -0.25) is 9.59 Å². The van der Waals surface area contributed by atoms with Crippen LogP contribution in [0.4, 0.5) is 14.5 Å². The minimum Gasteiger partial charge on any atom is -0.412 e. The van der Waals surface area contributed by atoms with E-state index >= 15 is 0 Å². The lowest BCUT2D eigenvalue weighted by atomic mass is 9.78. The first-order chi connectivity index (χ1) is 14.5. The van der Waals surface area contributed by atoms with Crippen LogP contribution in [0.2, 0.25) is 0 Å². The summed E-state index contributed by atoms with van der Waals surface area (Å²) in [7, 11) is 0. The van der Waals surface area contributed by atoms with Crippen LogP contribution in [0, 0.1) is 28.9 Å². The predicted octanol–water partition coefficient (Wildman–Crippen LogP) is 3.82. The fourth-order valence-electron chi connectivity index (χ4n) is 3.77. The van der Waals surface area contributed by atoms with Crippen LogP contribution in [-0.2, 0) is 15.0 Å². The van der Waals surface area contributed by atoms with Crippen LogP contribution in [0.5, 0.6) is 0 Å². The molecule has 32 heavy (non-hydrogen) atoms. The highest BCUT2D eigenvalue weighted by Gasteiger charge is 2.40. The highest BCUT2D eigenvalue weighted by atomic mass is 19.1. The molecule has 170 valence electrons. The van der Waals surface area contributed by atoms with E-state index in [0.717, 1.165) is 37.3 Å². The van der Waals surface area contributed by atoms with Gasteiger partial charge in [-0.15, -0.1) is 0 Å². The lowest BCUT2D eigenvalue weighted by molar-refractivity contribution is -0.124. The zero-order valence-electron chi connectivity index (χ0n) is 18.4. The Balaban J connectivity index is 0.00000363. The van der Waals surface area contributed by atoms with Gasteiger partial charge in [-0.1, -0.05) is 57.6 Å². The van der Waals surface area contributed by atoms with Gasteiger partial charge in [-0.2, -0.15) is 0 Å². The van der Waals surface area contributed by atoms with Crippen LogP contribution in [-0.4, -0.2) is 17.3 Å². The van der Waals surface area contributed by atoms with Crippen molar-refractivity contribution in [2.75, 3.05) is 5.32 Å². The van der Waals surface area contributed by atoms with E-state index in [1.54, 1.807) is 32.9 Å². The summed E-state index contributed by atoms with van der Waals surface area (Å²) in [4.78, 5) is 24.4. The Morgan fingerprint density at radius 1 is 1.03 bits per heavy atom. The van der Waals surface area contributed by atoms with E-state index in [1.807, 2.05) is 12.1 Å². The summed E-state index contributed by atoms with van der Waals surface area (Å²) in [5, 5.41) is 2.51. The van der Waals surface area contributed by atoms with Gasteiger partial charge in [0, 0.05) is 17.0 Å². The molecule has 0 spiro atoms. The molecule has 0 atom stereocenters. The fraction of sp³-hybridized carbons (Fsp3) is 0.360. The minimum absolute atomic E-state index is 0. The normalized spacial score (nSPS) is 14.7. The first-order valence-corrected chi connectivity index (χ1v) is 10.3. The summed E-state index contributed by atoms with van der Waals surface area (Å²) in [6.07, 6.45) is 3.37. The average molecular weight is 443 g/mol. The van der Waals surface area contributed by atoms with Gasteiger partial charge < -0.3 is 16.5 Å². The van der Waals surface area contributed by atoms with Crippen LogP contribution in [0.15, 0.2) is 36.4 Å². The van der Waals surface area contributed by atoms with Gasteiger partial charge in [0.2, 0.25) is 11.8 Å². The second kappa shape index (κ2) is 9.49. The van der Waals surface area contributed by atoms with Crippen LogP contribution in [0.3, 0.4) is 0 Å². The van der Waals surface area contributed by atoms with Gasteiger partial charge in [0.25, 0.3) is 0 Å². The Hall–Kier alpha value is -3.24. The molecule has 7 heteroatoms. The van der Waals surface area contributed by atoms with Crippen LogP contribution in [0.25, 0.3) is 0 Å². The van der Waals surface area contributed by atoms with Crippen molar-refractivity contribution in [1.82, 2.24) is 0 Å². The largest absolute Gasteiger partial charge is 0.412 e. The van der Waals surface area contributed by atoms with Gasteiger partial charge in [0.05, 0.1) is 16.7 Å². The van der Waals surface area contributed by atoms with Gasteiger partial charge in [-0.25, -0.2) is 8.78 Å². The Morgan fingerprint density at radius 3 is 2.16 bits per heavy atom. The van der Waals surface area contributed by atoms with E-state index in [9.17, 15) is 18.4 Å². The molecule has 1 aliphatic rings. The molecule has 0 bridgehead atoms. The molecule has 0 radical (unpaired) electrons. The molecule has 0 heterocycles.